The minimum Gasteiger partial charge on any atom is -0.443 e. The highest BCUT2D eigenvalue weighted by atomic mass is 19.4. The van der Waals surface area contributed by atoms with Crippen molar-refractivity contribution in [3.8, 4) is 16.9 Å². The van der Waals surface area contributed by atoms with Crippen LogP contribution in [-0.2, 0) is 11.3 Å². The van der Waals surface area contributed by atoms with Gasteiger partial charge in [-0.25, -0.2) is 4.98 Å². The lowest BCUT2D eigenvalue weighted by Gasteiger charge is -2.21. The molecule has 0 unspecified atom stereocenters. The van der Waals surface area contributed by atoms with Gasteiger partial charge in [0.25, 0.3) is 0 Å². The van der Waals surface area contributed by atoms with Crippen LogP contribution in [0.25, 0.3) is 22.2 Å². The van der Waals surface area contributed by atoms with Gasteiger partial charge in [0.05, 0.1) is 6.61 Å². The molecule has 0 aliphatic heterocycles. The van der Waals surface area contributed by atoms with E-state index < -0.39 is 19.1 Å². The largest absolute Gasteiger partial charge is 0.573 e. The fourth-order valence-corrected chi connectivity index (χ4v) is 3.23. The highest BCUT2D eigenvalue weighted by Crippen LogP contribution is 2.37. The Labute approximate surface area is 175 Å². The molecule has 0 saturated carbocycles. The first-order valence-corrected chi connectivity index (χ1v) is 9.06. The quantitative estimate of drug-likeness (QED) is 0.550. The summed E-state index contributed by atoms with van der Waals surface area (Å²) in [6.07, 6.45) is -3.81. The van der Waals surface area contributed by atoms with Crippen molar-refractivity contribution < 1.29 is 37.3 Å². The molecule has 3 aromatic rings. The van der Waals surface area contributed by atoms with Gasteiger partial charge in [0.2, 0.25) is 5.91 Å². The Morgan fingerprint density at radius 2 is 2.03 bits per heavy atom. The lowest BCUT2D eigenvalue weighted by atomic mass is 9.94. The van der Waals surface area contributed by atoms with Crippen LogP contribution in [-0.4, -0.2) is 46.0 Å². The predicted octanol–water partition coefficient (Wildman–Crippen LogP) is 3.56. The summed E-state index contributed by atoms with van der Waals surface area (Å²) in [4.78, 5) is 17.4. The molecule has 0 radical (unpaired) electrons. The van der Waals surface area contributed by atoms with E-state index in [9.17, 15) is 28.2 Å². The summed E-state index contributed by atoms with van der Waals surface area (Å²) >= 11 is 0. The molecule has 1 amide bonds. The van der Waals surface area contributed by atoms with E-state index in [0.29, 0.717) is 22.2 Å². The van der Waals surface area contributed by atoms with Gasteiger partial charge in [0, 0.05) is 24.7 Å². The van der Waals surface area contributed by atoms with E-state index in [1.54, 1.807) is 6.07 Å². The number of hydrogen-bond donors (Lipinski definition) is 2. The average Bonchev–Trinajstić information content (AvgIpc) is 3.21. The normalized spacial score (nSPS) is 12.6. The van der Waals surface area contributed by atoms with Crippen LogP contribution in [0.4, 0.5) is 13.2 Å². The van der Waals surface area contributed by atoms with Crippen molar-refractivity contribution in [1.82, 2.24) is 9.88 Å². The monoisotopic (exact) mass is 436 g/mol. The first-order chi connectivity index (χ1) is 14.6. The van der Waals surface area contributed by atoms with Crippen LogP contribution in [0.3, 0.4) is 0 Å². The second-order valence-corrected chi connectivity index (χ2v) is 6.70. The van der Waals surface area contributed by atoms with Crippen LogP contribution in [0, 0.1) is 0 Å². The van der Waals surface area contributed by atoms with Gasteiger partial charge in [-0.2, -0.15) is 0 Å². The lowest BCUT2D eigenvalue weighted by molar-refractivity contribution is -0.274. The number of nitrogens with zero attached hydrogens (tertiary/aromatic N) is 2. The SMILES string of the molecule is C=CC(=O)N(C)Cc1cc(-c2ccc(OC(F)(F)F)cc2)c2ncoc2c1[C@H](O)CO. The van der Waals surface area contributed by atoms with E-state index in [-0.39, 0.29) is 29.3 Å². The number of ether oxygens (including phenoxy) is 1. The van der Waals surface area contributed by atoms with Crippen LogP contribution < -0.4 is 4.74 Å². The number of aliphatic hydroxyl groups is 2. The summed E-state index contributed by atoms with van der Waals surface area (Å²) in [7, 11) is 1.53. The zero-order chi connectivity index (χ0) is 22.8. The number of alkyl halides is 3. The summed E-state index contributed by atoms with van der Waals surface area (Å²) < 4.78 is 46.6. The third kappa shape index (κ3) is 4.86. The minimum atomic E-state index is -4.81. The highest BCUT2D eigenvalue weighted by Gasteiger charge is 2.31. The molecule has 0 saturated heterocycles. The van der Waals surface area contributed by atoms with E-state index in [4.69, 9.17) is 4.42 Å². The van der Waals surface area contributed by atoms with Gasteiger partial charge in [-0.1, -0.05) is 18.7 Å². The van der Waals surface area contributed by atoms with Gasteiger partial charge < -0.3 is 24.3 Å². The number of benzene rings is 2. The molecule has 7 nitrogen and oxygen atoms in total. The second kappa shape index (κ2) is 8.78. The Kier molecular flexibility index (Phi) is 6.32. The number of fused-ring (bicyclic) bond motifs is 1. The van der Waals surface area contributed by atoms with Crippen molar-refractivity contribution >= 4 is 17.0 Å². The molecule has 2 N–H and O–H groups in total. The Morgan fingerprint density at radius 3 is 2.61 bits per heavy atom. The molecule has 31 heavy (non-hydrogen) atoms. The molecule has 0 aliphatic rings. The van der Waals surface area contributed by atoms with Gasteiger partial charge in [0.15, 0.2) is 12.0 Å². The van der Waals surface area contributed by atoms with Crippen LogP contribution in [0.15, 0.2) is 53.8 Å². The number of aliphatic hydroxyl groups excluding tert-OH is 2. The first kappa shape index (κ1) is 22.3. The smallest absolute Gasteiger partial charge is 0.443 e. The number of aromatic nitrogens is 1. The first-order valence-electron chi connectivity index (χ1n) is 9.06. The van der Waals surface area contributed by atoms with Gasteiger partial charge in [-0.3, -0.25) is 4.79 Å². The number of oxazole rings is 1. The van der Waals surface area contributed by atoms with Gasteiger partial charge >= 0.3 is 6.36 Å². The molecule has 3 rings (SSSR count). The summed E-state index contributed by atoms with van der Waals surface area (Å²) in [5.74, 6) is -0.742. The Morgan fingerprint density at radius 1 is 1.35 bits per heavy atom. The fourth-order valence-electron chi connectivity index (χ4n) is 3.23. The Balaban J connectivity index is 2.13. The third-order valence-electron chi connectivity index (χ3n) is 4.60. The number of amides is 1. The molecule has 1 heterocycles. The predicted molar refractivity (Wildman–Crippen MR) is 105 cm³/mol. The maximum Gasteiger partial charge on any atom is 0.573 e. The summed E-state index contributed by atoms with van der Waals surface area (Å²) in [6, 6.07) is 6.83. The van der Waals surface area contributed by atoms with Crippen LogP contribution in [0.5, 0.6) is 5.75 Å². The van der Waals surface area contributed by atoms with Crippen molar-refractivity contribution in [2.75, 3.05) is 13.7 Å². The van der Waals surface area contributed by atoms with E-state index in [2.05, 4.69) is 16.3 Å². The number of hydrogen-bond acceptors (Lipinski definition) is 6. The van der Waals surface area contributed by atoms with Crippen molar-refractivity contribution in [3.63, 3.8) is 0 Å². The maximum absolute atomic E-state index is 12.4. The number of rotatable bonds is 7. The summed E-state index contributed by atoms with van der Waals surface area (Å²) in [5.41, 5.74) is 2.29. The summed E-state index contributed by atoms with van der Waals surface area (Å²) in [5, 5.41) is 19.9. The molecular weight excluding hydrogens is 417 g/mol. The zero-order valence-electron chi connectivity index (χ0n) is 16.4. The maximum atomic E-state index is 12.4. The molecule has 1 aromatic heterocycles. The van der Waals surface area contributed by atoms with Crippen molar-refractivity contribution in [1.29, 1.82) is 0 Å². The Bertz CT molecular complexity index is 1090. The van der Waals surface area contributed by atoms with Gasteiger partial charge in [-0.05, 0) is 35.4 Å². The Hall–Kier alpha value is -3.37. The van der Waals surface area contributed by atoms with E-state index >= 15 is 0 Å². The number of carbonyl (C=O) groups is 1. The van der Waals surface area contributed by atoms with E-state index in [1.165, 1.54) is 24.1 Å². The lowest BCUT2D eigenvalue weighted by Crippen LogP contribution is -2.25. The van der Waals surface area contributed by atoms with Gasteiger partial charge in [-0.15, -0.1) is 13.2 Å². The molecule has 164 valence electrons. The third-order valence-corrected chi connectivity index (χ3v) is 4.60. The number of carbonyl (C=O) groups excluding carboxylic acids is 1. The molecule has 2 aromatic carbocycles. The van der Waals surface area contributed by atoms with Crippen LogP contribution in [0.1, 0.15) is 17.2 Å². The highest BCUT2D eigenvalue weighted by molar-refractivity contribution is 5.94. The number of halogens is 3. The van der Waals surface area contributed by atoms with Crippen LogP contribution >= 0.6 is 0 Å². The minimum absolute atomic E-state index is 0.0517. The van der Waals surface area contributed by atoms with E-state index in [1.807, 2.05) is 0 Å². The molecule has 0 fully saturated rings. The average molecular weight is 436 g/mol. The van der Waals surface area contributed by atoms with Gasteiger partial charge in [0.1, 0.15) is 17.4 Å². The topological polar surface area (TPSA) is 96.0 Å². The molecule has 0 aliphatic carbocycles. The van der Waals surface area contributed by atoms with E-state index in [0.717, 1.165) is 24.6 Å². The summed E-state index contributed by atoms with van der Waals surface area (Å²) in [6.45, 7) is 2.90. The number of likely N-dealkylation sites (N-methyl/N-ethyl adjacent to an activating group) is 1. The molecule has 0 spiro atoms. The fraction of sp³-hybridized carbons (Fsp3) is 0.238. The molecular formula is C21H19F3N2O5. The van der Waals surface area contributed by atoms with Crippen LogP contribution in [0.2, 0.25) is 0 Å². The van der Waals surface area contributed by atoms with Crippen molar-refractivity contribution in [3.05, 3.63) is 60.5 Å². The molecule has 1 atom stereocenters. The molecule has 0 bridgehead atoms. The van der Waals surface area contributed by atoms with Crippen molar-refractivity contribution in [2.24, 2.45) is 0 Å². The second-order valence-electron chi connectivity index (χ2n) is 6.70. The zero-order valence-corrected chi connectivity index (χ0v) is 16.4. The van der Waals surface area contributed by atoms with Crippen molar-refractivity contribution in [2.45, 2.75) is 19.0 Å². The molecule has 10 heteroatoms. The standard InChI is InChI=1S/C21H19F3N2O5/c1-3-17(29)26(2)9-13-8-15(12-4-6-14(7-5-12)31-21(22,23)24)19-20(30-11-25-19)18(13)16(28)10-27/h3-8,11,16,27-28H,1,9-10H2,2H3/t16-/m1/s1.